The van der Waals surface area contributed by atoms with Crippen molar-refractivity contribution in [1.29, 1.82) is 0 Å². The lowest BCUT2D eigenvalue weighted by molar-refractivity contribution is -0.116. The smallest absolute Gasteiger partial charge is 0.267 e. The Bertz CT molecular complexity index is 1900. The second kappa shape index (κ2) is 10.6. The molecular weight excluding hydrogens is 500 g/mol. The minimum absolute atomic E-state index is 0.0929. The Morgan fingerprint density at radius 1 is 0.800 bits per heavy atom. The predicted octanol–water partition coefficient (Wildman–Crippen LogP) is 5.63. The van der Waals surface area contributed by atoms with E-state index >= 15 is 0 Å². The molecule has 2 heterocycles. The van der Waals surface area contributed by atoms with Gasteiger partial charge in [0, 0.05) is 24.2 Å². The molecule has 2 aromatic heterocycles. The highest BCUT2D eigenvalue weighted by Gasteiger charge is 2.21. The summed E-state index contributed by atoms with van der Waals surface area (Å²) < 4.78 is 3.18. The molecule has 0 aliphatic rings. The van der Waals surface area contributed by atoms with Crippen LogP contribution >= 0.6 is 0 Å². The number of rotatable bonds is 6. The van der Waals surface area contributed by atoms with E-state index in [-0.39, 0.29) is 11.5 Å². The van der Waals surface area contributed by atoms with Crippen molar-refractivity contribution in [3.8, 4) is 22.6 Å². The van der Waals surface area contributed by atoms with Gasteiger partial charge in [-0.1, -0.05) is 78.9 Å². The van der Waals surface area contributed by atoms with Crippen molar-refractivity contribution in [3.05, 3.63) is 137 Å². The first-order valence-electron chi connectivity index (χ1n) is 12.7. The number of amides is 1. The molecule has 8 nitrogen and oxygen atoms in total. The highest BCUT2D eigenvalue weighted by molar-refractivity contribution is 5.95. The van der Waals surface area contributed by atoms with Crippen molar-refractivity contribution in [2.24, 2.45) is 5.10 Å². The molecule has 6 aromatic rings. The first-order valence-corrected chi connectivity index (χ1v) is 12.7. The maximum Gasteiger partial charge on any atom is 0.267 e. The number of hydrogen-bond acceptors (Lipinski definition) is 5. The fourth-order valence-corrected chi connectivity index (χ4v) is 4.48. The number of fused-ring (bicyclic) bond motifs is 1. The van der Waals surface area contributed by atoms with Crippen LogP contribution in [0.15, 0.2) is 131 Å². The number of carbonyl (C=O) groups excluding carboxylic acids is 1. The van der Waals surface area contributed by atoms with E-state index in [0.717, 1.165) is 16.3 Å². The van der Waals surface area contributed by atoms with Crippen LogP contribution < -0.4 is 10.6 Å². The summed E-state index contributed by atoms with van der Waals surface area (Å²) >= 11 is 0. The Morgan fingerprint density at radius 3 is 2.08 bits per heavy atom. The molecule has 194 valence electrons. The van der Waals surface area contributed by atoms with Crippen molar-refractivity contribution < 1.29 is 4.79 Å². The van der Waals surface area contributed by atoms with Crippen LogP contribution in [0.3, 0.4) is 0 Å². The lowest BCUT2D eigenvalue weighted by Gasteiger charge is -2.19. The fourth-order valence-electron chi connectivity index (χ4n) is 4.48. The van der Waals surface area contributed by atoms with E-state index < -0.39 is 5.91 Å². The molecule has 0 aliphatic carbocycles. The molecule has 1 amide bonds. The summed E-state index contributed by atoms with van der Waals surface area (Å²) in [6.45, 7) is 1.39. The molecule has 0 fully saturated rings. The number of nitrogens with zero attached hydrogens (tertiary/aromatic N) is 6. The van der Waals surface area contributed by atoms with Crippen molar-refractivity contribution >= 4 is 29.0 Å². The molecule has 4 aromatic carbocycles. The second-order valence-electron chi connectivity index (χ2n) is 9.06. The van der Waals surface area contributed by atoms with Gasteiger partial charge in [0.1, 0.15) is 5.69 Å². The number of hydrogen-bond donors (Lipinski definition) is 0. The Labute approximate surface area is 230 Å². The van der Waals surface area contributed by atoms with Crippen molar-refractivity contribution in [2.75, 3.05) is 5.01 Å². The number of hydrazone groups is 1. The standard InChI is InChI=1S/C32H24N6O2/c1-23(39)38(32-34-29-20-12-11-19-28(29)31(40)37(32)27-17-9-4-10-18-27)33-21-25-22-36(26-15-7-3-8-16-26)35-30(25)24-13-5-2-6-14-24/h2-22H,1H3/b33-21-. The molecule has 0 saturated carbocycles. The molecule has 6 rings (SSSR count). The lowest BCUT2D eigenvalue weighted by atomic mass is 10.1. The van der Waals surface area contributed by atoms with Crippen molar-refractivity contribution in [2.45, 2.75) is 6.92 Å². The first kappa shape index (κ1) is 24.7. The van der Waals surface area contributed by atoms with Gasteiger partial charge in [0.15, 0.2) is 0 Å². The van der Waals surface area contributed by atoms with E-state index in [1.165, 1.54) is 11.5 Å². The monoisotopic (exact) mass is 524 g/mol. The molecule has 0 saturated heterocycles. The highest BCUT2D eigenvalue weighted by Crippen LogP contribution is 2.24. The van der Waals surface area contributed by atoms with Gasteiger partial charge in [-0.25, -0.2) is 14.2 Å². The van der Waals surface area contributed by atoms with Gasteiger partial charge < -0.3 is 0 Å². The third kappa shape index (κ3) is 4.69. The van der Waals surface area contributed by atoms with Gasteiger partial charge in [-0.2, -0.15) is 15.2 Å². The van der Waals surface area contributed by atoms with E-state index in [4.69, 9.17) is 10.1 Å². The quantitative estimate of drug-likeness (QED) is 0.209. The molecule has 0 unspecified atom stereocenters. The summed E-state index contributed by atoms with van der Waals surface area (Å²) in [5.41, 5.74) is 3.92. The summed E-state index contributed by atoms with van der Waals surface area (Å²) in [4.78, 5) is 31.4. The van der Waals surface area contributed by atoms with Gasteiger partial charge in [-0.3, -0.25) is 9.59 Å². The van der Waals surface area contributed by atoms with Crippen LogP contribution in [-0.4, -0.2) is 31.5 Å². The SMILES string of the molecule is CC(=O)N(/N=C\c1cn(-c2ccccc2)nc1-c1ccccc1)c1nc2ccccc2c(=O)n1-c1ccccc1. The molecule has 0 bridgehead atoms. The molecule has 0 N–H and O–H groups in total. The molecule has 0 aliphatic heterocycles. The molecule has 40 heavy (non-hydrogen) atoms. The Balaban J connectivity index is 1.52. The van der Waals surface area contributed by atoms with Crippen molar-refractivity contribution in [1.82, 2.24) is 19.3 Å². The maximum atomic E-state index is 13.7. The van der Waals surface area contributed by atoms with E-state index in [2.05, 4.69) is 5.10 Å². The number of benzene rings is 4. The molecular formula is C32H24N6O2. The zero-order valence-electron chi connectivity index (χ0n) is 21.6. The molecule has 8 heteroatoms. The van der Waals surface area contributed by atoms with Gasteiger partial charge in [-0.05, 0) is 36.4 Å². The zero-order chi connectivity index (χ0) is 27.5. The van der Waals surface area contributed by atoms with Crippen LogP contribution in [0, 0.1) is 0 Å². The fraction of sp³-hybridized carbons (Fsp3) is 0.0312. The van der Waals surface area contributed by atoms with Crippen LogP contribution in [0.4, 0.5) is 5.95 Å². The number of para-hydroxylation sites is 3. The third-order valence-corrected chi connectivity index (χ3v) is 6.38. The predicted molar refractivity (Wildman–Crippen MR) is 157 cm³/mol. The summed E-state index contributed by atoms with van der Waals surface area (Å²) in [5.74, 6) is -0.310. The normalized spacial score (nSPS) is 11.2. The summed E-state index contributed by atoms with van der Waals surface area (Å²) in [6.07, 6.45) is 3.43. The average Bonchev–Trinajstić information content (AvgIpc) is 3.43. The van der Waals surface area contributed by atoms with E-state index in [1.807, 2.05) is 85.1 Å². The average molecular weight is 525 g/mol. The van der Waals surface area contributed by atoms with Crippen molar-refractivity contribution in [3.63, 3.8) is 0 Å². The number of carbonyl (C=O) groups is 1. The zero-order valence-corrected chi connectivity index (χ0v) is 21.6. The van der Waals surface area contributed by atoms with E-state index in [9.17, 15) is 9.59 Å². The van der Waals surface area contributed by atoms with E-state index in [1.54, 1.807) is 47.3 Å². The minimum atomic E-state index is -0.403. The minimum Gasteiger partial charge on any atom is -0.273 e. The van der Waals surface area contributed by atoms with E-state index in [0.29, 0.717) is 27.8 Å². The highest BCUT2D eigenvalue weighted by atomic mass is 16.2. The Hall–Kier alpha value is -5.63. The summed E-state index contributed by atoms with van der Waals surface area (Å²) in [5, 5.41) is 11.0. The van der Waals surface area contributed by atoms with Gasteiger partial charge >= 0.3 is 0 Å². The van der Waals surface area contributed by atoms with Gasteiger partial charge in [0.2, 0.25) is 11.9 Å². The Morgan fingerprint density at radius 2 is 1.40 bits per heavy atom. The summed E-state index contributed by atoms with van der Waals surface area (Å²) in [7, 11) is 0. The first-order chi connectivity index (χ1) is 19.6. The van der Waals surface area contributed by atoms with Crippen LogP contribution in [0.5, 0.6) is 0 Å². The topological polar surface area (TPSA) is 85.4 Å². The maximum absolute atomic E-state index is 13.7. The van der Waals surface area contributed by atoms with Crippen LogP contribution in [0.2, 0.25) is 0 Å². The summed E-state index contributed by atoms with van der Waals surface area (Å²) in [6, 6.07) is 35.7. The van der Waals surface area contributed by atoms with Crippen LogP contribution in [0.25, 0.3) is 33.5 Å². The lowest BCUT2D eigenvalue weighted by Crippen LogP contribution is -2.32. The largest absolute Gasteiger partial charge is 0.273 e. The van der Waals surface area contributed by atoms with Gasteiger partial charge in [0.05, 0.1) is 28.5 Å². The van der Waals surface area contributed by atoms with Gasteiger partial charge in [0.25, 0.3) is 5.56 Å². The van der Waals surface area contributed by atoms with Crippen LogP contribution in [0.1, 0.15) is 12.5 Å². The third-order valence-electron chi connectivity index (χ3n) is 6.38. The Kier molecular flexibility index (Phi) is 6.56. The number of anilines is 1. The van der Waals surface area contributed by atoms with Crippen LogP contribution in [-0.2, 0) is 4.79 Å². The van der Waals surface area contributed by atoms with Gasteiger partial charge in [-0.15, -0.1) is 0 Å². The molecule has 0 spiro atoms. The second-order valence-corrected chi connectivity index (χ2v) is 9.06. The molecule has 0 radical (unpaired) electrons. The molecule has 0 atom stereocenters. The number of aromatic nitrogens is 4.